The molecule has 8 heteroatoms. The maximum Gasteiger partial charge on any atom is 0.178 e. The van der Waals surface area contributed by atoms with E-state index in [9.17, 15) is 19.8 Å². The third-order valence-corrected chi connectivity index (χ3v) is 11.9. The summed E-state index contributed by atoms with van der Waals surface area (Å²) in [7, 11) is 0. The highest BCUT2D eigenvalue weighted by Gasteiger charge is 2.70. The van der Waals surface area contributed by atoms with Gasteiger partial charge in [-0.2, -0.15) is 11.8 Å². The Bertz CT molecular complexity index is 1400. The topological polar surface area (TPSA) is 103 Å². The standard InChI is InChI=1S/C31H37ClN2O4S/c1-17-12-22-21-6-4-18-13-20(35)8-10-29(18,2)28(21)25(36)15-30(22,3)31(17,38)26(37)16-39-11-9-27-33-23-7-5-19(32)14-24(23)34-27/h5,7-8,10,13-14,17,21-22,25,28,36,38H,4,6,9,11-12,15-16H2,1-3H3,(H,33,34)/t17-,21?,22?,25+,28?,29?,30?,31+/m1/s1. The van der Waals surface area contributed by atoms with Gasteiger partial charge in [0.25, 0.3) is 0 Å². The lowest BCUT2D eigenvalue weighted by molar-refractivity contribution is -0.179. The van der Waals surface area contributed by atoms with Crippen molar-refractivity contribution in [2.24, 2.45) is 34.5 Å². The van der Waals surface area contributed by atoms with Crippen LogP contribution in [0.1, 0.15) is 52.3 Å². The molecule has 3 saturated carbocycles. The molecule has 0 aliphatic heterocycles. The number of nitrogens with zero attached hydrogens (tertiary/aromatic N) is 1. The van der Waals surface area contributed by atoms with E-state index in [1.165, 1.54) is 11.8 Å². The molecule has 6 rings (SSSR count). The Kier molecular flexibility index (Phi) is 6.69. The average Bonchev–Trinajstić information content (AvgIpc) is 3.38. The zero-order valence-electron chi connectivity index (χ0n) is 22.7. The van der Waals surface area contributed by atoms with Gasteiger partial charge in [-0.05, 0) is 73.8 Å². The van der Waals surface area contributed by atoms with Crippen LogP contribution in [0.2, 0.25) is 5.02 Å². The molecule has 0 radical (unpaired) electrons. The number of carbonyl (C=O) groups is 2. The quantitative estimate of drug-likeness (QED) is 0.408. The predicted octanol–water partition coefficient (Wildman–Crippen LogP) is 5.32. The van der Waals surface area contributed by atoms with Crippen LogP contribution in [0.3, 0.4) is 0 Å². The van der Waals surface area contributed by atoms with Gasteiger partial charge < -0.3 is 15.2 Å². The van der Waals surface area contributed by atoms with Gasteiger partial charge >= 0.3 is 0 Å². The molecule has 4 aliphatic carbocycles. The number of halogens is 1. The van der Waals surface area contributed by atoms with Crippen molar-refractivity contribution in [3.05, 3.63) is 52.8 Å². The normalized spacial score (nSPS) is 39.3. The summed E-state index contributed by atoms with van der Waals surface area (Å²) in [5, 5.41) is 24.5. The molecular formula is C31H37ClN2O4S. The number of ketones is 2. The smallest absolute Gasteiger partial charge is 0.178 e. The molecule has 5 unspecified atom stereocenters. The monoisotopic (exact) mass is 568 g/mol. The summed E-state index contributed by atoms with van der Waals surface area (Å²) >= 11 is 7.61. The Morgan fingerprint density at radius 2 is 2.10 bits per heavy atom. The molecule has 1 aromatic heterocycles. The molecule has 0 bridgehead atoms. The minimum Gasteiger partial charge on any atom is -0.393 e. The first-order valence-corrected chi connectivity index (χ1v) is 15.6. The van der Waals surface area contributed by atoms with Gasteiger partial charge in [-0.1, -0.05) is 44.0 Å². The van der Waals surface area contributed by atoms with Crippen LogP contribution in [-0.4, -0.2) is 55.0 Å². The Morgan fingerprint density at radius 1 is 1.31 bits per heavy atom. The van der Waals surface area contributed by atoms with E-state index in [4.69, 9.17) is 11.6 Å². The third-order valence-electron chi connectivity index (χ3n) is 10.7. The Morgan fingerprint density at radius 3 is 2.90 bits per heavy atom. The van der Waals surface area contributed by atoms with Crippen molar-refractivity contribution >= 4 is 46.0 Å². The van der Waals surface area contributed by atoms with E-state index in [2.05, 4.69) is 16.9 Å². The van der Waals surface area contributed by atoms with E-state index in [1.54, 1.807) is 12.2 Å². The average molecular weight is 569 g/mol. The van der Waals surface area contributed by atoms with Crippen LogP contribution in [0.5, 0.6) is 0 Å². The highest BCUT2D eigenvalue weighted by molar-refractivity contribution is 7.99. The van der Waals surface area contributed by atoms with Crippen LogP contribution < -0.4 is 0 Å². The Balaban J connectivity index is 1.16. The number of hydrogen-bond acceptors (Lipinski definition) is 6. The fourth-order valence-corrected chi connectivity index (χ4v) is 9.91. The number of rotatable bonds is 6. The molecule has 0 spiro atoms. The number of allylic oxidation sites excluding steroid dienone is 4. The zero-order chi connectivity index (χ0) is 27.7. The number of aromatic amines is 1. The van der Waals surface area contributed by atoms with Gasteiger partial charge in [0.05, 0.1) is 22.9 Å². The molecule has 208 valence electrons. The number of aliphatic hydroxyl groups is 2. The van der Waals surface area contributed by atoms with Crippen molar-refractivity contribution in [2.75, 3.05) is 11.5 Å². The first-order valence-electron chi connectivity index (χ1n) is 14.1. The summed E-state index contributed by atoms with van der Waals surface area (Å²) in [6.07, 6.45) is 8.28. The molecule has 3 fully saturated rings. The second kappa shape index (κ2) is 9.57. The number of thioether (sulfide) groups is 1. The van der Waals surface area contributed by atoms with Gasteiger partial charge in [0.1, 0.15) is 11.4 Å². The lowest BCUT2D eigenvalue weighted by atomic mass is 9.46. The van der Waals surface area contributed by atoms with Gasteiger partial charge in [0.15, 0.2) is 11.6 Å². The number of Topliss-reactive ketones (excluding diaryl/α,β-unsaturated/α-hetero) is 1. The fourth-order valence-electron chi connectivity index (χ4n) is 8.85. The number of carbonyl (C=O) groups excluding carboxylic acids is 2. The number of hydrogen-bond donors (Lipinski definition) is 3. The summed E-state index contributed by atoms with van der Waals surface area (Å²) < 4.78 is 0. The maximum absolute atomic E-state index is 13.8. The summed E-state index contributed by atoms with van der Waals surface area (Å²) in [5.74, 6) is 1.82. The Hall–Kier alpha value is -1.93. The molecule has 1 heterocycles. The first-order chi connectivity index (χ1) is 18.5. The van der Waals surface area contributed by atoms with Crippen molar-refractivity contribution in [1.29, 1.82) is 0 Å². The van der Waals surface area contributed by atoms with E-state index in [1.807, 2.05) is 38.1 Å². The van der Waals surface area contributed by atoms with Crippen molar-refractivity contribution in [2.45, 2.75) is 64.6 Å². The van der Waals surface area contributed by atoms with Crippen LogP contribution in [0, 0.1) is 34.5 Å². The lowest BCUT2D eigenvalue weighted by Crippen LogP contribution is -2.62. The van der Waals surface area contributed by atoms with Crippen molar-refractivity contribution in [3.8, 4) is 0 Å². The molecule has 39 heavy (non-hydrogen) atoms. The summed E-state index contributed by atoms with van der Waals surface area (Å²) in [6.45, 7) is 6.19. The van der Waals surface area contributed by atoms with E-state index >= 15 is 0 Å². The molecular weight excluding hydrogens is 532 g/mol. The number of benzene rings is 1. The van der Waals surface area contributed by atoms with E-state index < -0.39 is 17.1 Å². The number of H-pyrrole nitrogens is 1. The lowest BCUT2D eigenvalue weighted by Gasteiger charge is -2.59. The number of nitrogens with one attached hydrogen (secondary N) is 1. The Labute approximate surface area is 238 Å². The van der Waals surface area contributed by atoms with Crippen molar-refractivity contribution in [3.63, 3.8) is 0 Å². The third kappa shape index (κ3) is 4.10. The fraction of sp³-hybridized carbons (Fsp3) is 0.581. The minimum absolute atomic E-state index is 0.0161. The van der Waals surface area contributed by atoms with E-state index in [0.717, 1.165) is 41.7 Å². The first kappa shape index (κ1) is 27.3. The number of fused-ring (bicyclic) bond motifs is 6. The molecule has 4 aliphatic rings. The number of aryl methyl sites for hydroxylation is 1. The molecule has 0 amide bonds. The molecule has 6 nitrogen and oxygen atoms in total. The van der Waals surface area contributed by atoms with Crippen LogP contribution in [0.15, 0.2) is 42.0 Å². The van der Waals surface area contributed by atoms with Crippen LogP contribution in [0.25, 0.3) is 11.0 Å². The second-order valence-corrected chi connectivity index (χ2v) is 14.2. The minimum atomic E-state index is -1.47. The number of imidazole rings is 1. The zero-order valence-corrected chi connectivity index (χ0v) is 24.3. The largest absolute Gasteiger partial charge is 0.393 e. The molecule has 8 atom stereocenters. The van der Waals surface area contributed by atoms with Crippen LogP contribution >= 0.6 is 23.4 Å². The highest BCUT2D eigenvalue weighted by Crippen LogP contribution is 2.68. The molecule has 0 saturated heterocycles. The summed E-state index contributed by atoms with van der Waals surface area (Å²) in [5.41, 5.74) is 0.364. The van der Waals surface area contributed by atoms with Gasteiger partial charge in [0, 0.05) is 33.9 Å². The van der Waals surface area contributed by atoms with Crippen molar-refractivity contribution < 1.29 is 19.8 Å². The van der Waals surface area contributed by atoms with Gasteiger partial charge in [-0.15, -0.1) is 0 Å². The molecule has 3 N–H and O–H groups in total. The summed E-state index contributed by atoms with van der Waals surface area (Å²) in [6, 6.07) is 5.56. The van der Waals surface area contributed by atoms with Crippen LogP contribution in [0.4, 0.5) is 0 Å². The second-order valence-electron chi connectivity index (χ2n) is 12.7. The van der Waals surface area contributed by atoms with Crippen LogP contribution in [-0.2, 0) is 16.0 Å². The molecule has 2 aromatic rings. The van der Waals surface area contributed by atoms with E-state index in [-0.39, 0.29) is 46.4 Å². The van der Waals surface area contributed by atoms with Gasteiger partial charge in [-0.25, -0.2) is 4.98 Å². The molecule has 1 aromatic carbocycles. The SMILES string of the molecule is C[C@@H]1CC2C3CCC4=CC(=O)C=CC4(C)C3[C@@H](O)CC2(C)[C@@]1(O)C(=O)CSCCc1nc2ccc(Cl)cc2[nH]1. The predicted molar refractivity (Wildman–Crippen MR) is 155 cm³/mol. The number of aliphatic hydroxyl groups excluding tert-OH is 1. The van der Waals surface area contributed by atoms with Gasteiger partial charge in [-0.3, -0.25) is 9.59 Å². The van der Waals surface area contributed by atoms with Gasteiger partial charge in [0.2, 0.25) is 0 Å². The summed E-state index contributed by atoms with van der Waals surface area (Å²) in [4.78, 5) is 33.7. The highest BCUT2D eigenvalue weighted by atomic mass is 35.5. The van der Waals surface area contributed by atoms with Crippen molar-refractivity contribution in [1.82, 2.24) is 9.97 Å². The van der Waals surface area contributed by atoms with E-state index in [0.29, 0.717) is 23.6 Å². The maximum atomic E-state index is 13.8. The number of aromatic nitrogens is 2.